The molecular formula is C20H18BrN3O2. The Kier molecular flexibility index (Phi) is 3.27. The molecular weight excluding hydrogens is 394 g/mol. The highest BCUT2D eigenvalue weighted by molar-refractivity contribution is 9.10. The van der Waals surface area contributed by atoms with Gasteiger partial charge in [0.2, 0.25) is 0 Å². The lowest BCUT2D eigenvalue weighted by Crippen LogP contribution is -2.54. The van der Waals surface area contributed by atoms with E-state index in [0.29, 0.717) is 0 Å². The lowest BCUT2D eigenvalue weighted by Gasteiger charge is -2.34. The van der Waals surface area contributed by atoms with Crippen molar-refractivity contribution in [2.75, 3.05) is 25.6 Å². The third-order valence-corrected chi connectivity index (χ3v) is 6.10. The predicted molar refractivity (Wildman–Crippen MR) is 105 cm³/mol. The maximum absolute atomic E-state index is 13.4. The van der Waals surface area contributed by atoms with Crippen molar-refractivity contribution in [3.05, 3.63) is 57.7 Å². The standard InChI is InChI=1S/C20H18BrN3O2/c1-24-17-6-3-11(21)9-15(17)20(19(24)25)18-13(7-8-22-20)14-10-12(26-2)4-5-16(14)23-18/h3-6,9-10,22-23H,7-8H2,1-2H3. The average Bonchev–Trinajstić information content (AvgIpc) is 3.12. The summed E-state index contributed by atoms with van der Waals surface area (Å²) in [5.74, 6) is 0.870. The summed E-state index contributed by atoms with van der Waals surface area (Å²) in [4.78, 5) is 18.7. The number of hydrogen-bond donors (Lipinski definition) is 2. The highest BCUT2D eigenvalue weighted by atomic mass is 79.9. The van der Waals surface area contributed by atoms with Crippen molar-refractivity contribution in [2.45, 2.75) is 12.0 Å². The van der Waals surface area contributed by atoms with Crippen LogP contribution >= 0.6 is 15.9 Å². The summed E-state index contributed by atoms with van der Waals surface area (Å²) in [7, 11) is 3.51. The number of methoxy groups -OCH3 is 1. The van der Waals surface area contributed by atoms with Crippen LogP contribution in [0, 0.1) is 0 Å². The Labute approximate surface area is 159 Å². The van der Waals surface area contributed by atoms with Gasteiger partial charge in [-0.05, 0) is 48.4 Å². The summed E-state index contributed by atoms with van der Waals surface area (Å²) in [6, 6.07) is 12.0. The molecule has 1 aromatic heterocycles. The van der Waals surface area contributed by atoms with E-state index < -0.39 is 5.54 Å². The van der Waals surface area contributed by atoms with Crippen LogP contribution in [-0.4, -0.2) is 31.6 Å². The number of benzene rings is 2. The van der Waals surface area contributed by atoms with Crippen molar-refractivity contribution in [3.63, 3.8) is 0 Å². The minimum absolute atomic E-state index is 0.0464. The number of aromatic amines is 1. The van der Waals surface area contributed by atoms with Crippen molar-refractivity contribution in [1.29, 1.82) is 0 Å². The molecule has 0 saturated heterocycles. The van der Waals surface area contributed by atoms with Gasteiger partial charge in [0.05, 0.1) is 12.8 Å². The van der Waals surface area contributed by atoms with Gasteiger partial charge in [-0.15, -0.1) is 0 Å². The number of likely N-dealkylation sites (N-methyl/N-ethyl adjacent to an activating group) is 1. The van der Waals surface area contributed by atoms with Crippen LogP contribution in [0.25, 0.3) is 10.9 Å². The van der Waals surface area contributed by atoms with E-state index in [1.807, 2.05) is 37.4 Å². The van der Waals surface area contributed by atoms with E-state index in [4.69, 9.17) is 4.74 Å². The van der Waals surface area contributed by atoms with E-state index in [9.17, 15) is 4.79 Å². The molecule has 1 amide bonds. The quantitative estimate of drug-likeness (QED) is 0.645. The third-order valence-electron chi connectivity index (χ3n) is 5.60. The summed E-state index contributed by atoms with van der Waals surface area (Å²) < 4.78 is 6.36. The normalized spacial score (nSPS) is 21.3. The number of nitrogens with one attached hydrogen (secondary N) is 2. The molecule has 5 rings (SSSR count). The van der Waals surface area contributed by atoms with Crippen molar-refractivity contribution in [3.8, 4) is 5.75 Å². The van der Waals surface area contributed by atoms with E-state index in [2.05, 4.69) is 32.3 Å². The van der Waals surface area contributed by atoms with Crippen molar-refractivity contribution >= 4 is 38.4 Å². The summed E-state index contributed by atoms with van der Waals surface area (Å²) in [6.07, 6.45) is 0.866. The number of anilines is 1. The predicted octanol–water partition coefficient (Wildman–Crippen LogP) is 3.30. The molecule has 26 heavy (non-hydrogen) atoms. The van der Waals surface area contributed by atoms with Gasteiger partial charge in [0.15, 0.2) is 5.54 Å². The molecule has 1 unspecified atom stereocenters. The summed E-state index contributed by atoms with van der Waals surface area (Å²) in [5.41, 5.74) is 4.22. The molecule has 0 saturated carbocycles. The number of ether oxygens (including phenoxy) is 1. The number of carbonyl (C=O) groups excluding carboxylic acids is 1. The fraction of sp³-hybridized carbons (Fsp3) is 0.250. The second-order valence-electron chi connectivity index (χ2n) is 6.84. The van der Waals surface area contributed by atoms with Gasteiger partial charge >= 0.3 is 0 Å². The van der Waals surface area contributed by atoms with Gasteiger partial charge in [-0.3, -0.25) is 10.1 Å². The third kappa shape index (κ3) is 1.86. The SMILES string of the molecule is COc1ccc2[nH]c3c(c2c1)CCNC31C(=O)N(C)c2ccc(Br)cc21. The topological polar surface area (TPSA) is 57.4 Å². The Hall–Kier alpha value is -2.31. The van der Waals surface area contributed by atoms with E-state index in [1.54, 1.807) is 12.0 Å². The Balaban J connectivity index is 1.84. The number of hydrogen-bond acceptors (Lipinski definition) is 3. The molecule has 2 aliphatic rings. The number of nitrogens with zero attached hydrogens (tertiary/aromatic N) is 1. The van der Waals surface area contributed by atoms with Crippen molar-refractivity contribution in [2.24, 2.45) is 0 Å². The number of rotatable bonds is 1. The van der Waals surface area contributed by atoms with Crippen LogP contribution in [0.2, 0.25) is 0 Å². The second kappa shape index (κ2) is 5.34. The summed E-state index contributed by atoms with van der Waals surface area (Å²) in [5, 5.41) is 4.65. The van der Waals surface area contributed by atoms with Gasteiger partial charge in [-0.1, -0.05) is 15.9 Å². The molecule has 132 valence electrons. The Bertz CT molecular complexity index is 1070. The zero-order valence-corrected chi connectivity index (χ0v) is 16.1. The molecule has 1 spiro atoms. The van der Waals surface area contributed by atoms with Crippen LogP contribution < -0.4 is 15.0 Å². The molecule has 2 aliphatic heterocycles. The maximum Gasteiger partial charge on any atom is 0.257 e. The molecule has 2 aromatic carbocycles. The molecule has 0 bridgehead atoms. The summed E-state index contributed by atoms with van der Waals surface area (Å²) >= 11 is 3.56. The van der Waals surface area contributed by atoms with Gasteiger partial charge < -0.3 is 14.6 Å². The van der Waals surface area contributed by atoms with Crippen LogP contribution in [-0.2, 0) is 16.8 Å². The largest absolute Gasteiger partial charge is 0.497 e. The molecule has 2 N–H and O–H groups in total. The monoisotopic (exact) mass is 411 g/mol. The first-order valence-electron chi connectivity index (χ1n) is 8.58. The number of carbonyl (C=O) groups is 1. The molecule has 5 nitrogen and oxygen atoms in total. The molecule has 0 aliphatic carbocycles. The fourth-order valence-electron chi connectivity index (χ4n) is 4.39. The van der Waals surface area contributed by atoms with Crippen LogP contribution in [0.5, 0.6) is 5.75 Å². The smallest absolute Gasteiger partial charge is 0.257 e. The van der Waals surface area contributed by atoms with Gasteiger partial charge in [0.1, 0.15) is 5.75 Å². The Morgan fingerprint density at radius 1 is 1.23 bits per heavy atom. The number of amides is 1. The highest BCUT2D eigenvalue weighted by Gasteiger charge is 2.54. The van der Waals surface area contributed by atoms with Gasteiger partial charge in [0, 0.05) is 40.2 Å². The van der Waals surface area contributed by atoms with E-state index in [-0.39, 0.29) is 5.91 Å². The van der Waals surface area contributed by atoms with Gasteiger partial charge in [0.25, 0.3) is 5.91 Å². The number of halogens is 1. The minimum Gasteiger partial charge on any atom is -0.497 e. The molecule has 0 fully saturated rings. The summed E-state index contributed by atoms with van der Waals surface area (Å²) in [6.45, 7) is 0.739. The van der Waals surface area contributed by atoms with E-state index >= 15 is 0 Å². The van der Waals surface area contributed by atoms with Crippen LogP contribution in [0.15, 0.2) is 40.9 Å². The van der Waals surface area contributed by atoms with E-state index in [1.165, 1.54) is 5.56 Å². The van der Waals surface area contributed by atoms with Gasteiger partial charge in [-0.2, -0.15) is 0 Å². The van der Waals surface area contributed by atoms with Gasteiger partial charge in [-0.25, -0.2) is 0 Å². The zero-order valence-electron chi connectivity index (χ0n) is 14.5. The molecule has 1 atom stereocenters. The molecule has 3 aromatic rings. The lowest BCUT2D eigenvalue weighted by molar-refractivity contribution is -0.122. The first-order chi connectivity index (χ1) is 12.6. The minimum atomic E-state index is -0.867. The number of H-pyrrole nitrogens is 1. The van der Waals surface area contributed by atoms with Crippen LogP contribution in [0.3, 0.4) is 0 Å². The van der Waals surface area contributed by atoms with E-state index in [0.717, 1.165) is 51.0 Å². The average molecular weight is 412 g/mol. The molecule has 3 heterocycles. The highest BCUT2D eigenvalue weighted by Crippen LogP contribution is 2.48. The van der Waals surface area contributed by atoms with Crippen molar-refractivity contribution < 1.29 is 9.53 Å². The number of fused-ring (bicyclic) bond motifs is 6. The Morgan fingerprint density at radius 3 is 2.88 bits per heavy atom. The first-order valence-corrected chi connectivity index (χ1v) is 9.38. The first kappa shape index (κ1) is 15.9. The van der Waals surface area contributed by atoms with Crippen LogP contribution in [0.4, 0.5) is 5.69 Å². The van der Waals surface area contributed by atoms with Crippen LogP contribution in [0.1, 0.15) is 16.8 Å². The lowest BCUT2D eigenvalue weighted by atomic mass is 9.82. The maximum atomic E-state index is 13.4. The fourth-order valence-corrected chi connectivity index (χ4v) is 4.75. The molecule has 6 heteroatoms. The van der Waals surface area contributed by atoms with Crippen molar-refractivity contribution in [1.82, 2.24) is 10.3 Å². The number of aromatic nitrogens is 1. The second-order valence-corrected chi connectivity index (χ2v) is 7.76. The Morgan fingerprint density at radius 2 is 2.08 bits per heavy atom. The molecule has 0 radical (unpaired) electrons. The zero-order chi connectivity index (χ0) is 18.1.